The van der Waals surface area contributed by atoms with E-state index in [9.17, 15) is 18.0 Å². The van der Waals surface area contributed by atoms with Crippen molar-refractivity contribution in [3.63, 3.8) is 0 Å². The number of nitrogens with one attached hydrogen (secondary N) is 1. The Morgan fingerprint density at radius 1 is 1.27 bits per heavy atom. The van der Waals surface area contributed by atoms with Crippen molar-refractivity contribution < 1.29 is 22.7 Å². The number of benzene rings is 1. The van der Waals surface area contributed by atoms with Crippen molar-refractivity contribution in [3.8, 4) is 0 Å². The molecule has 2 N–H and O–H groups in total. The van der Waals surface area contributed by atoms with Crippen LogP contribution >= 0.6 is 0 Å². The molecule has 0 atom stereocenters. The monoisotopic (exact) mass is 325 g/mol. The first kappa shape index (κ1) is 16.2. The second-order valence-electron chi connectivity index (χ2n) is 5.51. The third-order valence-electron chi connectivity index (χ3n) is 2.90. The lowest BCUT2D eigenvalue weighted by Gasteiger charge is -2.23. The average molecular weight is 325 g/mol. The summed E-state index contributed by atoms with van der Waals surface area (Å²) >= 11 is 0. The van der Waals surface area contributed by atoms with Crippen molar-refractivity contribution in [2.75, 3.05) is 0 Å². The third-order valence-corrected chi connectivity index (χ3v) is 4.60. The van der Waals surface area contributed by atoms with Crippen molar-refractivity contribution >= 4 is 27.0 Å². The van der Waals surface area contributed by atoms with Crippen LogP contribution in [-0.4, -0.2) is 25.0 Å². The first-order valence-electron chi connectivity index (χ1n) is 6.39. The smallest absolute Gasteiger partial charge is 0.336 e. The van der Waals surface area contributed by atoms with Gasteiger partial charge < -0.3 is 9.52 Å². The molecule has 0 aliphatic heterocycles. The van der Waals surface area contributed by atoms with Crippen LogP contribution in [0, 0.1) is 0 Å². The molecule has 1 aromatic carbocycles. The van der Waals surface area contributed by atoms with E-state index >= 15 is 0 Å². The van der Waals surface area contributed by atoms with E-state index in [2.05, 4.69) is 4.72 Å². The number of rotatable bonds is 5. The van der Waals surface area contributed by atoms with Crippen LogP contribution in [0.2, 0.25) is 0 Å². The summed E-state index contributed by atoms with van der Waals surface area (Å²) in [6.07, 6.45) is -0.352. The normalized spacial score (nSPS) is 12.5. The Morgan fingerprint density at radius 2 is 1.95 bits per heavy atom. The fourth-order valence-corrected chi connectivity index (χ4v) is 3.50. The SMILES string of the molecule is CC(C)(CC(=O)O)NS(=O)(=O)c1ccc2oc(=O)ccc2c1. The van der Waals surface area contributed by atoms with Crippen LogP contribution in [0.5, 0.6) is 0 Å². The van der Waals surface area contributed by atoms with Crippen LogP contribution in [-0.2, 0) is 14.8 Å². The molecule has 118 valence electrons. The molecule has 2 aromatic rings. The van der Waals surface area contributed by atoms with E-state index in [-0.39, 0.29) is 16.9 Å². The highest BCUT2D eigenvalue weighted by molar-refractivity contribution is 7.89. The molecule has 8 heteroatoms. The lowest BCUT2D eigenvalue weighted by molar-refractivity contribution is -0.138. The van der Waals surface area contributed by atoms with Gasteiger partial charge in [-0.3, -0.25) is 4.79 Å². The number of sulfonamides is 1. The first-order chi connectivity index (χ1) is 10.1. The fraction of sp³-hybridized carbons (Fsp3) is 0.286. The zero-order chi connectivity index (χ0) is 16.5. The highest BCUT2D eigenvalue weighted by Gasteiger charge is 2.28. The third kappa shape index (κ3) is 3.71. The fourth-order valence-electron chi connectivity index (χ4n) is 2.05. The molecule has 0 aliphatic rings. The predicted octanol–water partition coefficient (Wildman–Crippen LogP) is 1.32. The Morgan fingerprint density at radius 3 is 2.59 bits per heavy atom. The minimum Gasteiger partial charge on any atom is -0.481 e. The number of fused-ring (bicyclic) bond motifs is 1. The average Bonchev–Trinajstić information content (AvgIpc) is 2.34. The largest absolute Gasteiger partial charge is 0.481 e. The van der Waals surface area contributed by atoms with Crippen molar-refractivity contribution in [2.24, 2.45) is 0 Å². The summed E-state index contributed by atoms with van der Waals surface area (Å²) in [5.41, 5.74) is -1.39. The molecule has 0 saturated carbocycles. The van der Waals surface area contributed by atoms with E-state index in [0.29, 0.717) is 5.39 Å². The van der Waals surface area contributed by atoms with Gasteiger partial charge in [-0.15, -0.1) is 0 Å². The number of carboxylic acids is 1. The van der Waals surface area contributed by atoms with Gasteiger partial charge >= 0.3 is 11.6 Å². The van der Waals surface area contributed by atoms with Crippen molar-refractivity contribution in [2.45, 2.75) is 30.7 Å². The maximum atomic E-state index is 12.3. The van der Waals surface area contributed by atoms with Gasteiger partial charge in [0.05, 0.1) is 11.3 Å². The Hall–Kier alpha value is -2.19. The van der Waals surface area contributed by atoms with Crippen LogP contribution < -0.4 is 10.3 Å². The highest BCUT2D eigenvalue weighted by Crippen LogP contribution is 2.20. The minimum atomic E-state index is -3.90. The molecule has 0 spiro atoms. The van der Waals surface area contributed by atoms with Gasteiger partial charge in [0.15, 0.2) is 0 Å². The molecule has 22 heavy (non-hydrogen) atoms. The van der Waals surface area contributed by atoms with Gasteiger partial charge in [-0.05, 0) is 38.1 Å². The van der Waals surface area contributed by atoms with Crippen LogP contribution in [0.3, 0.4) is 0 Å². The molecular weight excluding hydrogens is 310 g/mol. The molecule has 1 heterocycles. The molecule has 2 rings (SSSR count). The van der Waals surface area contributed by atoms with E-state index in [1.54, 1.807) is 0 Å². The van der Waals surface area contributed by atoms with Crippen LogP contribution in [0.15, 0.2) is 44.4 Å². The van der Waals surface area contributed by atoms with Gasteiger partial charge in [0.2, 0.25) is 10.0 Å². The number of carboxylic acid groups (broad SMARTS) is 1. The first-order valence-corrected chi connectivity index (χ1v) is 7.87. The zero-order valence-electron chi connectivity index (χ0n) is 12.0. The Kier molecular flexibility index (Phi) is 4.08. The van der Waals surface area contributed by atoms with Gasteiger partial charge in [0.1, 0.15) is 5.58 Å². The van der Waals surface area contributed by atoms with Gasteiger partial charge in [-0.25, -0.2) is 17.9 Å². The molecule has 0 saturated heterocycles. The Bertz CT molecular complexity index is 882. The molecule has 0 aliphatic carbocycles. The van der Waals surface area contributed by atoms with Gasteiger partial charge in [-0.2, -0.15) is 0 Å². The second-order valence-corrected chi connectivity index (χ2v) is 7.20. The summed E-state index contributed by atoms with van der Waals surface area (Å²) in [5.74, 6) is -1.10. The van der Waals surface area contributed by atoms with Crippen molar-refractivity contribution in [1.29, 1.82) is 0 Å². The molecular formula is C14H15NO6S. The molecule has 0 amide bonds. The maximum absolute atomic E-state index is 12.3. The van der Waals surface area contributed by atoms with Crippen LogP contribution in [0.4, 0.5) is 0 Å². The lowest BCUT2D eigenvalue weighted by atomic mass is 10.0. The maximum Gasteiger partial charge on any atom is 0.336 e. The van der Waals surface area contributed by atoms with Crippen molar-refractivity contribution in [1.82, 2.24) is 4.72 Å². The molecule has 7 nitrogen and oxygen atoms in total. The van der Waals surface area contributed by atoms with E-state index in [4.69, 9.17) is 9.52 Å². The van der Waals surface area contributed by atoms with Gasteiger partial charge in [0.25, 0.3) is 0 Å². The Labute approximate surface area is 126 Å². The summed E-state index contributed by atoms with van der Waals surface area (Å²) < 4.78 is 32.0. The van der Waals surface area contributed by atoms with Crippen molar-refractivity contribution in [3.05, 3.63) is 40.8 Å². The summed E-state index contributed by atoms with van der Waals surface area (Å²) in [7, 11) is -3.90. The molecule has 1 aromatic heterocycles. The van der Waals surface area contributed by atoms with Gasteiger partial charge in [0, 0.05) is 17.0 Å². The minimum absolute atomic E-state index is 0.0349. The molecule has 0 unspecified atom stereocenters. The summed E-state index contributed by atoms with van der Waals surface area (Å²) in [4.78, 5) is 21.8. The quantitative estimate of drug-likeness (QED) is 0.802. The molecule has 0 radical (unpaired) electrons. The highest BCUT2D eigenvalue weighted by atomic mass is 32.2. The Balaban J connectivity index is 2.39. The van der Waals surface area contributed by atoms with E-state index in [0.717, 1.165) is 0 Å². The van der Waals surface area contributed by atoms with Gasteiger partial charge in [-0.1, -0.05) is 0 Å². The summed E-state index contributed by atoms with van der Waals surface area (Å²) in [5, 5.41) is 9.26. The number of hydrogen-bond acceptors (Lipinski definition) is 5. The second kappa shape index (κ2) is 5.54. The van der Waals surface area contributed by atoms with E-state index in [1.165, 1.54) is 44.2 Å². The van der Waals surface area contributed by atoms with Crippen LogP contribution in [0.25, 0.3) is 11.0 Å². The molecule has 0 fully saturated rings. The predicted molar refractivity (Wildman–Crippen MR) is 79.1 cm³/mol. The standard InChI is InChI=1S/C14H15NO6S/c1-14(2,8-12(16)17)15-22(19,20)10-4-5-11-9(7-10)3-6-13(18)21-11/h3-7,15H,8H2,1-2H3,(H,16,17). The zero-order valence-corrected chi connectivity index (χ0v) is 12.8. The van der Waals surface area contributed by atoms with E-state index in [1.807, 2.05) is 0 Å². The summed E-state index contributed by atoms with van der Waals surface area (Å²) in [6, 6.07) is 6.69. The number of hydrogen-bond donors (Lipinski definition) is 2. The number of aliphatic carboxylic acids is 1. The topological polar surface area (TPSA) is 114 Å². The lowest BCUT2D eigenvalue weighted by Crippen LogP contribution is -2.44. The van der Waals surface area contributed by atoms with Crippen LogP contribution in [0.1, 0.15) is 20.3 Å². The van der Waals surface area contributed by atoms with E-state index < -0.39 is 27.2 Å². The molecule has 0 bridgehead atoms. The summed E-state index contributed by atoms with van der Waals surface area (Å²) in [6.45, 7) is 2.97. The number of carbonyl (C=O) groups is 1.